The maximum absolute atomic E-state index is 12.3. The van der Waals surface area contributed by atoms with Crippen molar-refractivity contribution < 1.29 is 4.79 Å². The van der Waals surface area contributed by atoms with Crippen molar-refractivity contribution in [3.05, 3.63) is 35.3 Å². The van der Waals surface area contributed by atoms with Crippen molar-refractivity contribution >= 4 is 11.7 Å². The van der Waals surface area contributed by atoms with Gasteiger partial charge in [0.05, 0.1) is 0 Å². The molecule has 0 spiro atoms. The van der Waals surface area contributed by atoms with Crippen LogP contribution in [0.25, 0.3) is 0 Å². The predicted molar refractivity (Wildman–Crippen MR) is 108 cm³/mol. The summed E-state index contributed by atoms with van der Waals surface area (Å²) in [5.74, 6) is 2.67. The monoisotopic (exact) mass is 383 g/mol. The molecule has 2 N–H and O–H groups in total. The van der Waals surface area contributed by atoms with Crippen molar-refractivity contribution in [2.24, 2.45) is 0 Å². The van der Waals surface area contributed by atoms with Crippen LogP contribution in [-0.2, 0) is 0 Å². The zero-order chi connectivity index (χ0) is 19.8. The van der Waals surface area contributed by atoms with Crippen LogP contribution in [-0.4, -0.2) is 70.0 Å². The van der Waals surface area contributed by atoms with Gasteiger partial charge in [-0.25, -0.2) is 15.0 Å². The number of hydrogen-bond acceptors (Lipinski definition) is 6. The van der Waals surface area contributed by atoms with Crippen molar-refractivity contribution in [3.8, 4) is 0 Å². The highest BCUT2D eigenvalue weighted by molar-refractivity contribution is 5.90. The van der Waals surface area contributed by atoms with Gasteiger partial charge in [-0.3, -0.25) is 4.79 Å². The molecule has 8 heteroatoms. The number of aryl methyl sites for hydroxylation is 1. The molecule has 0 bridgehead atoms. The number of aromatic nitrogens is 4. The molecule has 1 aliphatic heterocycles. The second-order valence-electron chi connectivity index (χ2n) is 8.22. The van der Waals surface area contributed by atoms with Gasteiger partial charge in [0.25, 0.3) is 5.91 Å². The van der Waals surface area contributed by atoms with Gasteiger partial charge in [-0.05, 0) is 33.1 Å². The van der Waals surface area contributed by atoms with Gasteiger partial charge in [0.15, 0.2) is 0 Å². The molecule has 8 nitrogen and oxygen atoms in total. The highest BCUT2D eigenvalue weighted by atomic mass is 16.2. The van der Waals surface area contributed by atoms with Crippen LogP contribution in [0.15, 0.2) is 12.4 Å². The topological polar surface area (TPSA) is 90.0 Å². The largest absolute Gasteiger partial charge is 0.355 e. The Labute approximate surface area is 165 Å². The smallest absolute Gasteiger partial charge is 0.291 e. The lowest BCUT2D eigenvalue weighted by molar-refractivity contribution is 0.0815. The van der Waals surface area contributed by atoms with E-state index in [1.54, 1.807) is 14.1 Å². The molecule has 2 aromatic rings. The molecule has 28 heavy (non-hydrogen) atoms. The van der Waals surface area contributed by atoms with Crippen LogP contribution in [0.2, 0.25) is 0 Å². The maximum atomic E-state index is 12.3. The lowest BCUT2D eigenvalue weighted by Crippen LogP contribution is -2.46. The summed E-state index contributed by atoms with van der Waals surface area (Å²) in [5.41, 5.74) is 1.92. The zero-order valence-electron chi connectivity index (χ0n) is 17.1. The number of nitrogens with one attached hydrogen (secondary N) is 2. The average Bonchev–Trinajstić information content (AvgIpc) is 3.31. The van der Waals surface area contributed by atoms with Crippen LogP contribution in [0.1, 0.15) is 52.9 Å². The summed E-state index contributed by atoms with van der Waals surface area (Å²) >= 11 is 0. The first-order valence-corrected chi connectivity index (χ1v) is 9.99. The molecule has 1 aliphatic carbocycles. The second kappa shape index (κ2) is 7.50. The van der Waals surface area contributed by atoms with E-state index < -0.39 is 0 Å². The third-order valence-electron chi connectivity index (χ3n) is 5.96. The summed E-state index contributed by atoms with van der Waals surface area (Å²) in [6.45, 7) is 5.84. The van der Waals surface area contributed by atoms with Crippen LogP contribution in [0.3, 0.4) is 0 Å². The van der Waals surface area contributed by atoms with E-state index in [4.69, 9.17) is 0 Å². The molecule has 150 valence electrons. The summed E-state index contributed by atoms with van der Waals surface area (Å²) in [6.07, 6.45) is 7.08. The van der Waals surface area contributed by atoms with Gasteiger partial charge < -0.3 is 20.1 Å². The molecule has 1 amide bonds. The van der Waals surface area contributed by atoms with Crippen LogP contribution in [0.5, 0.6) is 0 Å². The number of H-pyrrole nitrogens is 1. The van der Waals surface area contributed by atoms with Gasteiger partial charge in [-0.2, -0.15) is 0 Å². The second-order valence-corrected chi connectivity index (χ2v) is 8.22. The molecular formula is C20H29N7O. The van der Waals surface area contributed by atoms with E-state index in [0.29, 0.717) is 18.0 Å². The van der Waals surface area contributed by atoms with Gasteiger partial charge >= 0.3 is 0 Å². The van der Waals surface area contributed by atoms with Gasteiger partial charge in [0.1, 0.15) is 11.6 Å². The van der Waals surface area contributed by atoms with E-state index in [0.717, 1.165) is 55.3 Å². The minimum atomic E-state index is -0.156. The molecule has 1 atom stereocenters. The van der Waals surface area contributed by atoms with Crippen LogP contribution >= 0.6 is 0 Å². The van der Waals surface area contributed by atoms with E-state index in [1.807, 2.05) is 26.2 Å². The third kappa shape index (κ3) is 3.61. The standard InChI is InChI=1S/C20H29N7O/c1-12-13(2)23-18(20(28)26(3)4)25-19(12)27-8-5-15(11-27)24-16-9-14(10-16)17-21-6-7-22-17/h6-7,14-16,24H,5,8-11H2,1-4H3,(H,21,22)/t14?,15-,16?/m1/s1. The highest BCUT2D eigenvalue weighted by Gasteiger charge is 2.35. The number of carbonyl (C=O) groups excluding carboxylic acids is 1. The first kappa shape index (κ1) is 18.9. The molecule has 4 rings (SSSR count). The number of imidazole rings is 1. The molecule has 0 unspecified atom stereocenters. The highest BCUT2D eigenvalue weighted by Crippen LogP contribution is 2.35. The molecule has 1 saturated heterocycles. The number of amides is 1. The number of hydrogen-bond donors (Lipinski definition) is 2. The van der Waals surface area contributed by atoms with Gasteiger partial charge in [0.2, 0.25) is 5.82 Å². The minimum Gasteiger partial charge on any atom is -0.355 e. The van der Waals surface area contributed by atoms with Crippen molar-refractivity contribution in [2.45, 2.75) is 51.1 Å². The van der Waals surface area contributed by atoms with Gasteiger partial charge in [0, 0.05) is 68.8 Å². The fraction of sp³-hybridized carbons (Fsp3) is 0.600. The lowest BCUT2D eigenvalue weighted by Gasteiger charge is -2.36. The van der Waals surface area contributed by atoms with E-state index in [1.165, 1.54) is 4.90 Å². The van der Waals surface area contributed by atoms with Crippen molar-refractivity contribution in [2.75, 3.05) is 32.1 Å². The number of rotatable bonds is 5. The minimum absolute atomic E-state index is 0.156. The quantitative estimate of drug-likeness (QED) is 0.816. The first-order chi connectivity index (χ1) is 13.4. The first-order valence-electron chi connectivity index (χ1n) is 9.99. The van der Waals surface area contributed by atoms with Crippen molar-refractivity contribution in [1.29, 1.82) is 0 Å². The fourth-order valence-electron chi connectivity index (χ4n) is 4.12. The number of carbonyl (C=O) groups is 1. The molecule has 2 aliphatic rings. The Hall–Kier alpha value is -2.48. The number of aromatic amines is 1. The van der Waals surface area contributed by atoms with Gasteiger partial charge in [-0.1, -0.05) is 0 Å². The van der Waals surface area contributed by atoms with E-state index in [-0.39, 0.29) is 11.7 Å². The molecule has 0 aromatic carbocycles. The molecular weight excluding hydrogens is 354 g/mol. The Morgan fingerprint density at radius 3 is 2.71 bits per heavy atom. The zero-order valence-corrected chi connectivity index (χ0v) is 17.1. The van der Waals surface area contributed by atoms with E-state index in [2.05, 4.69) is 30.2 Å². The molecule has 2 fully saturated rings. The summed E-state index contributed by atoms with van der Waals surface area (Å²) in [7, 11) is 3.45. The van der Waals surface area contributed by atoms with Crippen LogP contribution in [0, 0.1) is 13.8 Å². The van der Waals surface area contributed by atoms with Crippen molar-refractivity contribution in [3.63, 3.8) is 0 Å². The Balaban J connectivity index is 1.38. The predicted octanol–water partition coefficient (Wildman–Crippen LogP) is 1.63. The molecule has 1 saturated carbocycles. The van der Waals surface area contributed by atoms with E-state index in [9.17, 15) is 4.79 Å². The molecule has 0 radical (unpaired) electrons. The Bertz CT molecular complexity index is 842. The summed E-state index contributed by atoms with van der Waals surface area (Å²) in [4.78, 5) is 32.7. The van der Waals surface area contributed by atoms with E-state index >= 15 is 0 Å². The fourth-order valence-corrected chi connectivity index (χ4v) is 4.12. The van der Waals surface area contributed by atoms with Crippen molar-refractivity contribution in [1.82, 2.24) is 30.2 Å². The average molecular weight is 384 g/mol. The van der Waals surface area contributed by atoms with Gasteiger partial charge in [-0.15, -0.1) is 0 Å². The Morgan fingerprint density at radius 1 is 1.25 bits per heavy atom. The molecule has 2 aromatic heterocycles. The number of anilines is 1. The summed E-state index contributed by atoms with van der Waals surface area (Å²) in [5, 5.41) is 3.79. The van der Waals surface area contributed by atoms with Crippen LogP contribution < -0.4 is 10.2 Å². The third-order valence-corrected chi connectivity index (χ3v) is 5.96. The lowest BCUT2D eigenvalue weighted by atomic mass is 9.79. The number of nitrogens with zero attached hydrogens (tertiary/aromatic N) is 5. The SMILES string of the molecule is Cc1nc(C(=O)N(C)C)nc(N2CC[C@@H](NC3CC(c4ncc[nH]4)C3)C2)c1C. The Kier molecular flexibility index (Phi) is 5.05. The summed E-state index contributed by atoms with van der Waals surface area (Å²) in [6, 6.07) is 1.00. The maximum Gasteiger partial charge on any atom is 0.291 e. The molecule has 3 heterocycles. The Morgan fingerprint density at radius 2 is 2.04 bits per heavy atom. The van der Waals surface area contributed by atoms with Crippen LogP contribution in [0.4, 0.5) is 5.82 Å². The summed E-state index contributed by atoms with van der Waals surface area (Å²) < 4.78 is 0. The normalized spacial score (nSPS) is 24.3.